The van der Waals surface area contributed by atoms with E-state index in [1.807, 2.05) is 19.9 Å². The number of aliphatic carboxylic acids is 1. The Morgan fingerprint density at radius 2 is 1.77 bits per heavy atom. The Hall–Kier alpha value is -3.26. The minimum atomic E-state index is -1.24. The molecule has 1 N–H and O–H groups in total. The van der Waals surface area contributed by atoms with Crippen LogP contribution in [0.5, 0.6) is 11.5 Å². The van der Waals surface area contributed by atoms with Crippen molar-refractivity contribution in [2.45, 2.75) is 20.8 Å². The van der Waals surface area contributed by atoms with Gasteiger partial charge in [0, 0.05) is 0 Å². The molecule has 5 nitrogen and oxygen atoms in total. The topological polar surface area (TPSA) is 79.5 Å². The summed E-state index contributed by atoms with van der Waals surface area (Å²) in [7, 11) is 0. The summed E-state index contributed by atoms with van der Waals surface area (Å²) in [4.78, 5) is 10.8. The third kappa shape index (κ3) is 5.12. The van der Waals surface area contributed by atoms with Crippen LogP contribution in [0, 0.1) is 32.1 Å². The summed E-state index contributed by atoms with van der Waals surface area (Å²) in [6.45, 7) is 6.94. The Bertz CT molecular complexity index is 861. The highest BCUT2D eigenvalue weighted by atomic mass is 16.5. The van der Waals surface area contributed by atoms with Crippen LogP contribution in [0.25, 0.3) is 6.08 Å². The second-order valence-corrected chi connectivity index (χ2v) is 5.95. The molecule has 0 aliphatic carbocycles. The molecule has 0 saturated carbocycles. The van der Waals surface area contributed by atoms with Gasteiger partial charge in [-0.05, 0) is 67.3 Å². The fourth-order valence-electron chi connectivity index (χ4n) is 2.43. The van der Waals surface area contributed by atoms with Crippen LogP contribution >= 0.6 is 0 Å². The molecule has 0 fully saturated rings. The summed E-state index contributed by atoms with van der Waals surface area (Å²) in [5, 5.41) is 17.6. The summed E-state index contributed by atoms with van der Waals surface area (Å²) in [6, 6.07) is 12.6. The summed E-state index contributed by atoms with van der Waals surface area (Å²) < 4.78 is 11.4. The molecule has 0 aromatic heterocycles. The zero-order chi connectivity index (χ0) is 19.1. The van der Waals surface area contributed by atoms with E-state index in [9.17, 15) is 4.79 Å². The Morgan fingerprint density at radius 3 is 2.38 bits per heavy atom. The predicted molar refractivity (Wildman–Crippen MR) is 99.3 cm³/mol. The molecule has 0 unspecified atom stereocenters. The average Bonchev–Trinajstić information content (AvgIpc) is 2.61. The van der Waals surface area contributed by atoms with Crippen molar-refractivity contribution in [1.29, 1.82) is 5.26 Å². The summed E-state index contributed by atoms with van der Waals surface area (Å²) in [5.74, 6) is 0.271. The first kappa shape index (κ1) is 19.1. The molecule has 134 valence electrons. The first-order valence-corrected chi connectivity index (χ1v) is 8.19. The van der Waals surface area contributed by atoms with Gasteiger partial charge >= 0.3 is 5.97 Å². The van der Waals surface area contributed by atoms with Gasteiger partial charge in [-0.2, -0.15) is 5.26 Å². The zero-order valence-corrected chi connectivity index (χ0v) is 15.1. The van der Waals surface area contributed by atoms with Crippen molar-refractivity contribution in [3.8, 4) is 17.6 Å². The molecular formula is C21H21NO4. The van der Waals surface area contributed by atoms with Crippen molar-refractivity contribution in [3.63, 3.8) is 0 Å². The number of rotatable bonds is 7. The highest BCUT2D eigenvalue weighted by Crippen LogP contribution is 2.23. The number of hydrogen-bond acceptors (Lipinski definition) is 4. The highest BCUT2D eigenvalue weighted by Gasteiger charge is 2.06. The number of carboxylic acid groups (broad SMARTS) is 1. The van der Waals surface area contributed by atoms with E-state index >= 15 is 0 Å². The number of aryl methyl sites for hydroxylation is 2. The van der Waals surface area contributed by atoms with Gasteiger partial charge in [0.2, 0.25) is 0 Å². The molecule has 2 aromatic rings. The molecule has 0 bridgehead atoms. The Kier molecular flexibility index (Phi) is 6.40. The number of hydrogen-bond donors (Lipinski definition) is 1. The fraction of sp³-hybridized carbons (Fsp3) is 0.238. The van der Waals surface area contributed by atoms with E-state index < -0.39 is 5.97 Å². The molecule has 0 spiro atoms. The lowest BCUT2D eigenvalue weighted by atomic mass is 10.1. The zero-order valence-electron chi connectivity index (χ0n) is 15.1. The number of benzene rings is 2. The largest absolute Gasteiger partial charge is 0.490 e. The standard InChI is InChI=1S/C21H21NO4/c1-14-10-15(2)16(3)20(11-14)26-9-8-25-19-6-4-17(5-7-19)12-18(13-22)21(23)24/h4-7,10-12H,8-9H2,1-3H3,(H,23,24). The minimum absolute atomic E-state index is 0.309. The molecule has 0 saturated heterocycles. The molecule has 0 radical (unpaired) electrons. The van der Waals surface area contributed by atoms with Gasteiger partial charge in [-0.25, -0.2) is 4.79 Å². The van der Waals surface area contributed by atoms with E-state index in [0.29, 0.717) is 24.5 Å². The molecule has 0 aliphatic rings. The average molecular weight is 351 g/mol. The van der Waals surface area contributed by atoms with Crippen molar-refractivity contribution >= 4 is 12.0 Å². The number of nitrogens with zero attached hydrogens (tertiary/aromatic N) is 1. The van der Waals surface area contributed by atoms with Crippen LogP contribution in [0.3, 0.4) is 0 Å². The Morgan fingerprint density at radius 1 is 1.12 bits per heavy atom. The van der Waals surface area contributed by atoms with E-state index in [2.05, 4.69) is 13.0 Å². The lowest BCUT2D eigenvalue weighted by Gasteiger charge is -2.13. The third-order valence-corrected chi connectivity index (χ3v) is 3.92. The van der Waals surface area contributed by atoms with Crippen molar-refractivity contribution in [2.75, 3.05) is 13.2 Å². The van der Waals surface area contributed by atoms with Gasteiger partial charge in [0.25, 0.3) is 0 Å². The maximum absolute atomic E-state index is 10.8. The van der Waals surface area contributed by atoms with Gasteiger partial charge in [-0.3, -0.25) is 0 Å². The van der Waals surface area contributed by atoms with E-state index in [1.54, 1.807) is 30.3 Å². The second-order valence-electron chi connectivity index (χ2n) is 5.95. The minimum Gasteiger partial charge on any atom is -0.490 e. The summed E-state index contributed by atoms with van der Waals surface area (Å²) in [5.41, 5.74) is 3.79. The number of carboxylic acids is 1. The van der Waals surface area contributed by atoms with Crippen molar-refractivity contribution in [1.82, 2.24) is 0 Å². The van der Waals surface area contributed by atoms with Crippen molar-refractivity contribution in [3.05, 3.63) is 64.2 Å². The third-order valence-electron chi connectivity index (χ3n) is 3.92. The van der Waals surface area contributed by atoms with Gasteiger partial charge < -0.3 is 14.6 Å². The van der Waals surface area contributed by atoms with Crippen LogP contribution < -0.4 is 9.47 Å². The van der Waals surface area contributed by atoms with Crippen LogP contribution in [-0.2, 0) is 4.79 Å². The maximum Gasteiger partial charge on any atom is 0.346 e. The highest BCUT2D eigenvalue weighted by molar-refractivity contribution is 5.96. The van der Waals surface area contributed by atoms with Crippen molar-refractivity contribution in [2.24, 2.45) is 0 Å². The molecular weight excluding hydrogens is 330 g/mol. The van der Waals surface area contributed by atoms with E-state index in [4.69, 9.17) is 19.8 Å². The first-order chi connectivity index (χ1) is 12.4. The second kappa shape index (κ2) is 8.72. The fourth-order valence-corrected chi connectivity index (χ4v) is 2.43. The van der Waals surface area contributed by atoms with Crippen LogP contribution in [0.2, 0.25) is 0 Å². The molecule has 2 rings (SSSR count). The Labute approximate surface area is 153 Å². The summed E-state index contributed by atoms with van der Waals surface area (Å²) in [6.07, 6.45) is 1.32. The lowest BCUT2D eigenvalue weighted by Crippen LogP contribution is -2.10. The quantitative estimate of drug-likeness (QED) is 0.462. The Balaban J connectivity index is 1.89. The van der Waals surface area contributed by atoms with Gasteiger partial charge in [0.15, 0.2) is 0 Å². The maximum atomic E-state index is 10.8. The van der Waals surface area contributed by atoms with Gasteiger partial charge in [0.1, 0.15) is 36.4 Å². The smallest absolute Gasteiger partial charge is 0.346 e. The number of nitriles is 1. The van der Waals surface area contributed by atoms with Crippen LogP contribution in [0.1, 0.15) is 22.3 Å². The molecule has 0 aliphatic heterocycles. The summed E-state index contributed by atoms with van der Waals surface area (Å²) >= 11 is 0. The lowest BCUT2D eigenvalue weighted by molar-refractivity contribution is -0.132. The van der Waals surface area contributed by atoms with E-state index in [1.165, 1.54) is 11.6 Å². The van der Waals surface area contributed by atoms with Crippen LogP contribution in [0.4, 0.5) is 0 Å². The molecule has 5 heteroatoms. The molecule has 0 amide bonds. The first-order valence-electron chi connectivity index (χ1n) is 8.19. The van der Waals surface area contributed by atoms with Gasteiger partial charge in [0.05, 0.1) is 0 Å². The van der Waals surface area contributed by atoms with Crippen LogP contribution in [0.15, 0.2) is 42.0 Å². The molecule has 0 atom stereocenters. The van der Waals surface area contributed by atoms with Gasteiger partial charge in [-0.1, -0.05) is 18.2 Å². The van der Waals surface area contributed by atoms with E-state index in [-0.39, 0.29) is 5.57 Å². The SMILES string of the molecule is Cc1cc(C)c(C)c(OCCOc2ccc(C=C(C#N)C(=O)O)cc2)c1. The molecule has 26 heavy (non-hydrogen) atoms. The number of ether oxygens (including phenoxy) is 2. The van der Waals surface area contributed by atoms with Gasteiger partial charge in [-0.15, -0.1) is 0 Å². The normalized spacial score (nSPS) is 10.9. The predicted octanol–water partition coefficient (Wildman–Crippen LogP) is 4.06. The monoisotopic (exact) mass is 351 g/mol. The van der Waals surface area contributed by atoms with Crippen LogP contribution in [-0.4, -0.2) is 24.3 Å². The molecule has 0 heterocycles. The number of carbonyl (C=O) groups is 1. The van der Waals surface area contributed by atoms with Crippen molar-refractivity contribution < 1.29 is 19.4 Å². The molecule has 2 aromatic carbocycles. The van der Waals surface area contributed by atoms with E-state index in [0.717, 1.165) is 16.9 Å².